The summed E-state index contributed by atoms with van der Waals surface area (Å²) in [6, 6.07) is 3.81. The minimum atomic E-state index is -4.83. The van der Waals surface area contributed by atoms with Crippen LogP contribution in [0.25, 0.3) is 0 Å². The maximum absolute atomic E-state index is 12.0. The number of nitrogens with one attached hydrogen (secondary N) is 1. The molecule has 0 aliphatic heterocycles. The van der Waals surface area contributed by atoms with Crippen molar-refractivity contribution in [1.29, 1.82) is 0 Å². The Morgan fingerprint density at radius 3 is 2.29 bits per heavy atom. The molecule has 1 N–H and O–H groups in total. The Hall–Kier alpha value is -1.88. The Morgan fingerprint density at radius 2 is 1.81 bits per heavy atom. The summed E-state index contributed by atoms with van der Waals surface area (Å²) in [5, 5.41) is 7.89. The van der Waals surface area contributed by atoms with Crippen LogP contribution >= 0.6 is 11.3 Å². The van der Waals surface area contributed by atoms with E-state index in [4.69, 9.17) is 0 Å². The van der Waals surface area contributed by atoms with E-state index in [0.29, 0.717) is 5.01 Å². The average molecular weight is 339 g/mol. The van der Waals surface area contributed by atoms with Gasteiger partial charge >= 0.3 is 6.36 Å². The summed E-state index contributed by atoms with van der Waals surface area (Å²) >= 11 is 1.03. The van der Waals surface area contributed by atoms with E-state index >= 15 is 0 Å². The predicted molar refractivity (Wildman–Crippen MR) is 68.6 cm³/mol. The Kier molecular flexibility index (Phi) is 4.05. The number of aryl methyl sites for hydroxylation is 1. The molecule has 0 fully saturated rings. The highest BCUT2D eigenvalue weighted by atomic mass is 32.2. The summed E-state index contributed by atoms with van der Waals surface area (Å²) in [4.78, 5) is -0.218. The summed E-state index contributed by atoms with van der Waals surface area (Å²) in [6.45, 7) is 1.65. The SMILES string of the molecule is Cc1nnc(NS(=O)(=O)c2ccc(OC(F)(F)F)cc2)s1. The number of hydrogen-bond donors (Lipinski definition) is 1. The molecule has 0 saturated carbocycles. The van der Waals surface area contributed by atoms with Crippen LogP contribution in [0.5, 0.6) is 5.75 Å². The lowest BCUT2D eigenvalue weighted by molar-refractivity contribution is -0.274. The number of anilines is 1. The first-order valence-corrected chi connectivity index (χ1v) is 7.64. The van der Waals surface area contributed by atoms with Gasteiger partial charge < -0.3 is 4.74 Å². The van der Waals surface area contributed by atoms with Crippen LogP contribution in [0.15, 0.2) is 29.2 Å². The molecule has 0 aliphatic rings. The highest BCUT2D eigenvalue weighted by molar-refractivity contribution is 7.93. The van der Waals surface area contributed by atoms with E-state index < -0.39 is 22.1 Å². The summed E-state index contributed by atoms with van der Waals surface area (Å²) in [7, 11) is -3.94. The summed E-state index contributed by atoms with van der Waals surface area (Å²) < 4.78 is 65.8. The second-order valence-corrected chi connectivity index (χ2v) is 6.61. The molecule has 6 nitrogen and oxygen atoms in total. The van der Waals surface area contributed by atoms with E-state index in [2.05, 4.69) is 19.7 Å². The maximum Gasteiger partial charge on any atom is 0.573 e. The van der Waals surface area contributed by atoms with Crippen molar-refractivity contribution in [2.75, 3.05) is 4.72 Å². The lowest BCUT2D eigenvalue weighted by Crippen LogP contribution is -2.17. The molecule has 1 aromatic heterocycles. The van der Waals surface area contributed by atoms with Gasteiger partial charge in [-0.1, -0.05) is 11.3 Å². The third kappa shape index (κ3) is 4.29. The third-order valence-electron chi connectivity index (χ3n) is 2.12. The number of ether oxygens (including phenoxy) is 1. The van der Waals surface area contributed by atoms with Crippen molar-refractivity contribution >= 4 is 26.5 Å². The molecule has 0 spiro atoms. The van der Waals surface area contributed by atoms with Crippen molar-refractivity contribution in [1.82, 2.24) is 10.2 Å². The first-order chi connectivity index (χ1) is 9.66. The Morgan fingerprint density at radius 1 is 1.19 bits per heavy atom. The number of aromatic nitrogens is 2. The molecule has 0 bridgehead atoms. The molecule has 2 aromatic rings. The summed E-state index contributed by atoms with van der Waals surface area (Å²) in [5.74, 6) is -0.506. The van der Waals surface area contributed by atoms with E-state index in [1.54, 1.807) is 6.92 Å². The minimum Gasteiger partial charge on any atom is -0.406 e. The molecule has 0 radical (unpaired) electrons. The van der Waals surface area contributed by atoms with Crippen LogP contribution in [-0.4, -0.2) is 25.0 Å². The van der Waals surface area contributed by atoms with Crippen molar-refractivity contribution in [3.05, 3.63) is 29.3 Å². The number of alkyl halides is 3. The molecule has 1 aromatic carbocycles. The molecule has 114 valence electrons. The van der Waals surface area contributed by atoms with Gasteiger partial charge in [0.15, 0.2) is 0 Å². The fourth-order valence-electron chi connectivity index (χ4n) is 1.33. The number of sulfonamides is 1. The first-order valence-electron chi connectivity index (χ1n) is 5.34. The molecule has 0 amide bonds. The molecule has 1 heterocycles. The van der Waals surface area contributed by atoms with Gasteiger partial charge in [-0.15, -0.1) is 23.4 Å². The van der Waals surface area contributed by atoms with E-state index in [0.717, 1.165) is 35.6 Å². The van der Waals surface area contributed by atoms with Crippen LogP contribution in [0, 0.1) is 6.92 Å². The predicted octanol–water partition coefficient (Wildman–Crippen LogP) is 2.55. The molecular weight excluding hydrogens is 331 g/mol. The van der Waals surface area contributed by atoms with Crippen molar-refractivity contribution < 1.29 is 26.3 Å². The molecule has 21 heavy (non-hydrogen) atoms. The largest absolute Gasteiger partial charge is 0.573 e. The minimum absolute atomic E-state index is 0.0723. The van der Waals surface area contributed by atoms with Crippen molar-refractivity contribution in [2.24, 2.45) is 0 Å². The van der Waals surface area contributed by atoms with Crippen LogP contribution in [0.1, 0.15) is 5.01 Å². The van der Waals surface area contributed by atoms with Gasteiger partial charge in [0.1, 0.15) is 10.8 Å². The standard InChI is InChI=1S/C10H8F3N3O3S2/c1-6-14-15-9(20-6)16-21(17,18)8-4-2-7(3-5-8)19-10(11,12)13/h2-5H,1H3,(H,15,16). The lowest BCUT2D eigenvalue weighted by Gasteiger charge is -2.09. The molecule has 0 unspecified atom stereocenters. The van der Waals surface area contributed by atoms with Crippen LogP contribution in [0.3, 0.4) is 0 Å². The van der Waals surface area contributed by atoms with Gasteiger partial charge in [-0.2, -0.15) is 0 Å². The zero-order chi connectivity index (χ0) is 15.7. The van der Waals surface area contributed by atoms with Gasteiger partial charge in [0.05, 0.1) is 4.90 Å². The van der Waals surface area contributed by atoms with Crippen LogP contribution in [0.4, 0.5) is 18.3 Å². The van der Waals surface area contributed by atoms with E-state index in [1.165, 1.54) is 0 Å². The topological polar surface area (TPSA) is 81.2 Å². The van der Waals surface area contributed by atoms with Gasteiger partial charge in [-0.05, 0) is 31.2 Å². The number of halogens is 3. The smallest absolute Gasteiger partial charge is 0.406 e. The van der Waals surface area contributed by atoms with Crippen molar-refractivity contribution in [3.63, 3.8) is 0 Å². The highest BCUT2D eigenvalue weighted by Gasteiger charge is 2.31. The Balaban J connectivity index is 2.17. The van der Waals surface area contributed by atoms with Gasteiger partial charge in [0.25, 0.3) is 10.0 Å². The maximum atomic E-state index is 12.0. The first kappa shape index (κ1) is 15.5. The fraction of sp³-hybridized carbons (Fsp3) is 0.200. The quantitative estimate of drug-likeness (QED) is 0.926. The molecule has 0 atom stereocenters. The number of benzene rings is 1. The molecule has 0 saturated heterocycles. The zero-order valence-electron chi connectivity index (χ0n) is 10.4. The second-order valence-electron chi connectivity index (χ2n) is 3.75. The van der Waals surface area contributed by atoms with Gasteiger partial charge in [0, 0.05) is 0 Å². The third-order valence-corrected chi connectivity index (χ3v) is 4.35. The van der Waals surface area contributed by atoms with E-state index in [-0.39, 0.29) is 10.0 Å². The molecule has 2 rings (SSSR count). The zero-order valence-corrected chi connectivity index (χ0v) is 12.0. The molecule has 0 aliphatic carbocycles. The van der Waals surface area contributed by atoms with Gasteiger partial charge in [-0.25, -0.2) is 8.42 Å². The summed E-state index contributed by atoms with van der Waals surface area (Å²) in [5.41, 5.74) is 0. The average Bonchev–Trinajstić information content (AvgIpc) is 2.72. The van der Waals surface area contributed by atoms with Crippen molar-refractivity contribution in [2.45, 2.75) is 18.2 Å². The van der Waals surface area contributed by atoms with Gasteiger partial charge in [-0.3, -0.25) is 4.72 Å². The normalized spacial score (nSPS) is 12.2. The second kappa shape index (κ2) is 5.48. The molecule has 11 heteroatoms. The van der Waals surface area contributed by atoms with Crippen LogP contribution in [-0.2, 0) is 10.0 Å². The number of nitrogens with zero attached hydrogens (tertiary/aromatic N) is 2. The number of rotatable bonds is 4. The van der Waals surface area contributed by atoms with Gasteiger partial charge in [0.2, 0.25) is 5.13 Å². The number of hydrogen-bond acceptors (Lipinski definition) is 6. The van der Waals surface area contributed by atoms with E-state index in [9.17, 15) is 21.6 Å². The fourth-order valence-corrected chi connectivity index (χ4v) is 3.15. The monoisotopic (exact) mass is 339 g/mol. The Bertz CT molecular complexity index is 726. The van der Waals surface area contributed by atoms with Crippen molar-refractivity contribution in [3.8, 4) is 5.75 Å². The lowest BCUT2D eigenvalue weighted by atomic mass is 10.3. The van der Waals surface area contributed by atoms with Crippen LogP contribution in [0.2, 0.25) is 0 Å². The van der Waals surface area contributed by atoms with Crippen LogP contribution < -0.4 is 9.46 Å². The summed E-state index contributed by atoms with van der Waals surface area (Å²) in [6.07, 6.45) is -4.83. The molecular formula is C10H8F3N3O3S2. The Labute approximate surface area is 121 Å². The van der Waals surface area contributed by atoms with E-state index in [1.807, 2.05) is 0 Å². The highest BCUT2D eigenvalue weighted by Crippen LogP contribution is 2.25.